The SMILES string of the molecule is CCCCCCCCCC(=O)OC[C@H](Cc1cncn1C)[C@H](CC)C(=O)OCc1cccc([C@H](C)c2cn(C(=O)OC(C)(C)C)cn2)c1C. The summed E-state index contributed by atoms with van der Waals surface area (Å²) in [5.41, 5.74) is 4.00. The third-order valence-corrected chi connectivity index (χ3v) is 9.12. The second-order valence-electron chi connectivity index (χ2n) is 14.2. The molecule has 3 aromatic rings. The molecule has 10 heteroatoms. The van der Waals surface area contributed by atoms with E-state index in [1.165, 1.54) is 36.6 Å². The summed E-state index contributed by atoms with van der Waals surface area (Å²) in [4.78, 5) is 47.6. The fraction of sp³-hybridized carbons (Fsp3) is 0.615. The van der Waals surface area contributed by atoms with Crippen LogP contribution >= 0.6 is 0 Å². The van der Waals surface area contributed by atoms with Crippen LogP contribution in [-0.4, -0.2) is 49.3 Å². The molecule has 3 atom stereocenters. The highest BCUT2D eigenvalue weighted by Crippen LogP contribution is 2.29. The highest BCUT2D eigenvalue weighted by atomic mass is 16.6. The number of ether oxygens (including phenoxy) is 3. The average Bonchev–Trinajstić information content (AvgIpc) is 3.71. The molecule has 49 heavy (non-hydrogen) atoms. The van der Waals surface area contributed by atoms with Crippen LogP contribution in [0.3, 0.4) is 0 Å². The lowest BCUT2D eigenvalue weighted by atomic mass is 9.87. The van der Waals surface area contributed by atoms with Crippen LogP contribution in [0.4, 0.5) is 4.79 Å². The summed E-state index contributed by atoms with van der Waals surface area (Å²) >= 11 is 0. The van der Waals surface area contributed by atoms with Crippen LogP contribution in [0.1, 0.15) is 133 Å². The quantitative estimate of drug-likeness (QED) is 0.0705. The Morgan fingerprint density at radius 1 is 0.959 bits per heavy atom. The number of carbonyl (C=O) groups is 3. The van der Waals surface area contributed by atoms with Crippen molar-refractivity contribution in [3.8, 4) is 0 Å². The molecule has 2 heterocycles. The monoisotopic (exact) mass is 678 g/mol. The van der Waals surface area contributed by atoms with Crippen molar-refractivity contribution in [2.75, 3.05) is 6.61 Å². The molecule has 10 nitrogen and oxygen atoms in total. The molecule has 2 aromatic heterocycles. The van der Waals surface area contributed by atoms with Crippen LogP contribution in [0.5, 0.6) is 0 Å². The molecular formula is C39H58N4O6. The number of hydrogen-bond acceptors (Lipinski definition) is 8. The van der Waals surface area contributed by atoms with E-state index in [1.54, 1.807) is 18.7 Å². The minimum Gasteiger partial charge on any atom is -0.465 e. The highest BCUT2D eigenvalue weighted by molar-refractivity contribution is 5.73. The number of benzene rings is 1. The van der Waals surface area contributed by atoms with E-state index in [-0.39, 0.29) is 37.0 Å². The number of imidazole rings is 2. The first kappa shape index (κ1) is 39.5. The van der Waals surface area contributed by atoms with Crippen molar-refractivity contribution in [1.29, 1.82) is 0 Å². The van der Waals surface area contributed by atoms with Crippen LogP contribution in [0.2, 0.25) is 0 Å². The van der Waals surface area contributed by atoms with E-state index in [1.807, 2.05) is 71.4 Å². The first-order valence-corrected chi connectivity index (χ1v) is 18.0. The average molecular weight is 679 g/mol. The van der Waals surface area contributed by atoms with Crippen molar-refractivity contribution < 1.29 is 28.6 Å². The molecule has 0 spiro atoms. The molecule has 3 rings (SSSR count). The van der Waals surface area contributed by atoms with Gasteiger partial charge in [-0.1, -0.05) is 77.5 Å². The minimum atomic E-state index is -0.609. The first-order chi connectivity index (χ1) is 23.3. The van der Waals surface area contributed by atoms with E-state index in [0.29, 0.717) is 19.3 Å². The summed E-state index contributed by atoms with van der Waals surface area (Å²) in [6.45, 7) is 13.9. The number of rotatable bonds is 19. The second kappa shape index (κ2) is 19.3. The van der Waals surface area contributed by atoms with Gasteiger partial charge in [-0.2, -0.15) is 0 Å². The number of hydrogen-bond donors (Lipinski definition) is 0. The van der Waals surface area contributed by atoms with Crippen molar-refractivity contribution in [2.45, 2.75) is 131 Å². The lowest BCUT2D eigenvalue weighted by Gasteiger charge is -2.25. The maximum atomic E-state index is 13.6. The van der Waals surface area contributed by atoms with Crippen molar-refractivity contribution in [1.82, 2.24) is 19.1 Å². The largest absolute Gasteiger partial charge is 0.465 e. The number of aromatic nitrogens is 4. The number of esters is 2. The molecular weight excluding hydrogens is 620 g/mol. The first-order valence-electron chi connectivity index (χ1n) is 18.0. The number of carbonyl (C=O) groups excluding carboxylic acids is 3. The Kier molecular flexibility index (Phi) is 15.5. The van der Waals surface area contributed by atoms with E-state index in [4.69, 9.17) is 14.2 Å². The predicted molar refractivity (Wildman–Crippen MR) is 190 cm³/mol. The van der Waals surface area contributed by atoms with Crippen molar-refractivity contribution in [3.05, 3.63) is 71.3 Å². The summed E-state index contributed by atoms with van der Waals surface area (Å²) in [5, 5.41) is 0. The van der Waals surface area contributed by atoms with Gasteiger partial charge in [0.2, 0.25) is 0 Å². The third-order valence-electron chi connectivity index (χ3n) is 9.12. The Balaban J connectivity index is 1.64. The molecule has 270 valence electrons. The molecule has 0 unspecified atom stereocenters. The van der Waals surface area contributed by atoms with E-state index in [2.05, 4.69) is 16.9 Å². The standard InChI is InChI=1S/C39H58N4O6/c1-9-11-12-13-14-15-16-20-36(44)47-25-31(21-32-22-40-26-42(32)8)33(10-2)37(45)48-24-30-18-17-19-34(28(30)3)29(4)35-23-43(27-41-35)38(46)49-39(5,6)7/h17-19,22-23,26-27,29,31,33H,9-16,20-21,24-25H2,1-8H3/t29-,31-,33-/m0/s1. The topological polar surface area (TPSA) is 115 Å². The lowest BCUT2D eigenvalue weighted by molar-refractivity contribution is -0.156. The predicted octanol–water partition coefficient (Wildman–Crippen LogP) is 8.47. The maximum absolute atomic E-state index is 13.6. The molecule has 0 radical (unpaired) electrons. The van der Waals surface area contributed by atoms with Crippen molar-refractivity contribution in [3.63, 3.8) is 0 Å². The highest BCUT2D eigenvalue weighted by Gasteiger charge is 2.31. The van der Waals surface area contributed by atoms with Crippen molar-refractivity contribution >= 4 is 18.0 Å². The summed E-state index contributed by atoms with van der Waals surface area (Å²) in [7, 11) is 1.92. The van der Waals surface area contributed by atoms with Gasteiger partial charge in [0, 0.05) is 43.4 Å². The normalized spacial score (nSPS) is 13.5. The molecule has 0 bridgehead atoms. The van der Waals surface area contributed by atoms with E-state index < -0.39 is 17.6 Å². The van der Waals surface area contributed by atoms with Crippen LogP contribution in [-0.2, 0) is 43.9 Å². The van der Waals surface area contributed by atoms with Crippen LogP contribution in [0, 0.1) is 18.8 Å². The van der Waals surface area contributed by atoms with Gasteiger partial charge < -0.3 is 18.8 Å². The van der Waals surface area contributed by atoms with Gasteiger partial charge in [0.25, 0.3) is 0 Å². The molecule has 0 fully saturated rings. The Morgan fingerprint density at radius 3 is 2.33 bits per heavy atom. The van der Waals surface area contributed by atoms with Gasteiger partial charge in [-0.3, -0.25) is 9.59 Å². The molecule has 1 aromatic carbocycles. The fourth-order valence-electron chi connectivity index (χ4n) is 6.08. The van der Waals surface area contributed by atoms with Crippen molar-refractivity contribution in [2.24, 2.45) is 18.9 Å². The second-order valence-corrected chi connectivity index (χ2v) is 14.2. The van der Waals surface area contributed by atoms with Crippen LogP contribution in [0.25, 0.3) is 0 Å². The van der Waals surface area contributed by atoms with Gasteiger partial charge in [0.05, 0.1) is 24.5 Å². The zero-order chi connectivity index (χ0) is 36.0. The minimum absolute atomic E-state index is 0.109. The molecule has 0 aliphatic carbocycles. The summed E-state index contributed by atoms with van der Waals surface area (Å²) in [6, 6.07) is 5.93. The number of nitrogens with zero attached hydrogens (tertiary/aromatic N) is 4. The van der Waals surface area contributed by atoms with Gasteiger partial charge in [-0.05, 0) is 63.6 Å². The van der Waals surface area contributed by atoms with Gasteiger partial charge >= 0.3 is 18.0 Å². The molecule has 0 aliphatic rings. The van der Waals surface area contributed by atoms with Gasteiger partial charge in [0.15, 0.2) is 0 Å². The Bertz CT molecular complexity index is 1490. The smallest absolute Gasteiger partial charge is 0.419 e. The molecule has 0 aliphatic heterocycles. The number of unbranched alkanes of at least 4 members (excludes halogenated alkanes) is 6. The Hall–Kier alpha value is -3.95. The summed E-state index contributed by atoms with van der Waals surface area (Å²) < 4.78 is 20.5. The molecule has 0 saturated carbocycles. The van der Waals surface area contributed by atoms with E-state index >= 15 is 0 Å². The van der Waals surface area contributed by atoms with Gasteiger partial charge in [-0.25, -0.2) is 19.3 Å². The summed E-state index contributed by atoms with van der Waals surface area (Å²) in [6.07, 6.45) is 15.6. The lowest BCUT2D eigenvalue weighted by Crippen LogP contribution is -2.31. The van der Waals surface area contributed by atoms with Crippen LogP contribution < -0.4 is 0 Å². The molecule has 0 saturated heterocycles. The molecule has 0 N–H and O–H groups in total. The zero-order valence-electron chi connectivity index (χ0n) is 31.0. The number of aryl methyl sites for hydroxylation is 1. The van der Waals surface area contributed by atoms with E-state index in [9.17, 15) is 14.4 Å². The van der Waals surface area contributed by atoms with Gasteiger partial charge in [0.1, 0.15) is 18.5 Å². The summed E-state index contributed by atoms with van der Waals surface area (Å²) in [5.74, 6) is -1.35. The maximum Gasteiger partial charge on any atom is 0.419 e. The fourth-order valence-corrected chi connectivity index (χ4v) is 6.08. The van der Waals surface area contributed by atoms with E-state index in [0.717, 1.165) is 47.3 Å². The Labute approximate surface area is 293 Å². The third kappa shape index (κ3) is 12.5. The molecule has 0 amide bonds. The zero-order valence-corrected chi connectivity index (χ0v) is 31.0. The Morgan fingerprint density at radius 2 is 1.67 bits per heavy atom. The van der Waals surface area contributed by atoms with Crippen LogP contribution in [0.15, 0.2) is 43.2 Å². The van der Waals surface area contributed by atoms with Gasteiger partial charge in [-0.15, -0.1) is 0 Å².